The number of ether oxygens (including phenoxy) is 1. The van der Waals surface area contributed by atoms with Gasteiger partial charge >= 0.3 is 0 Å². The van der Waals surface area contributed by atoms with Crippen molar-refractivity contribution in [1.82, 2.24) is 0 Å². The summed E-state index contributed by atoms with van der Waals surface area (Å²) in [7, 11) is 0. The average molecular weight is 366 g/mol. The maximum absolute atomic E-state index is 12.3. The highest BCUT2D eigenvalue weighted by Gasteiger charge is 2.16. The maximum Gasteiger partial charge on any atom is 0.224 e. The Morgan fingerprint density at radius 1 is 0.885 bits per heavy atom. The van der Waals surface area contributed by atoms with Crippen LogP contribution in [0.1, 0.15) is 18.1 Å². The molecule has 0 saturated heterocycles. The van der Waals surface area contributed by atoms with Gasteiger partial charge in [-0.2, -0.15) is 0 Å². The Bertz CT molecular complexity index is 863. The molecule has 0 fully saturated rings. The molecule has 0 unspecified atom stereocenters. The summed E-state index contributed by atoms with van der Waals surface area (Å²) in [5.41, 5.74) is 2.84. The van der Waals surface area contributed by atoms with Crippen molar-refractivity contribution in [3.05, 3.63) is 95.0 Å². The lowest BCUT2D eigenvalue weighted by Gasteiger charge is -2.24. The van der Waals surface area contributed by atoms with Crippen molar-refractivity contribution in [3.63, 3.8) is 0 Å². The Hall–Kier alpha value is -2.78. The Morgan fingerprint density at radius 2 is 1.54 bits per heavy atom. The number of hydrogen-bond donors (Lipinski definition) is 0. The molecular weight excluding hydrogens is 346 g/mol. The first kappa shape index (κ1) is 18.0. The lowest BCUT2D eigenvalue weighted by atomic mass is 10.2. The minimum absolute atomic E-state index is 0.0456. The van der Waals surface area contributed by atoms with Crippen molar-refractivity contribution in [1.29, 1.82) is 0 Å². The average Bonchev–Trinajstić information content (AvgIpc) is 2.67. The zero-order valence-corrected chi connectivity index (χ0v) is 15.3. The molecule has 4 heteroatoms. The van der Waals surface area contributed by atoms with Gasteiger partial charge in [-0.15, -0.1) is 0 Å². The van der Waals surface area contributed by atoms with Gasteiger partial charge in [-0.1, -0.05) is 66.2 Å². The van der Waals surface area contributed by atoms with Gasteiger partial charge in [0.15, 0.2) is 0 Å². The van der Waals surface area contributed by atoms with E-state index in [0.717, 1.165) is 16.8 Å². The smallest absolute Gasteiger partial charge is 0.224 e. The summed E-state index contributed by atoms with van der Waals surface area (Å²) in [4.78, 5) is 14.0. The van der Waals surface area contributed by atoms with Crippen LogP contribution in [0.4, 0.5) is 5.69 Å². The van der Waals surface area contributed by atoms with Gasteiger partial charge in [0.2, 0.25) is 5.91 Å². The molecule has 3 aromatic carbocycles. The number of para-hydroxylation sites is 2. The molecule has 3 aromatic rings. The van der Waals surface area contributed by atoms with E-state index in [1.54, 1.807) is 11.8 Å². The lowest BCUT2D eigenvalue weighted by Crippen LogP contribution is -2.28. The third kappa shape index (κ3) is 4.64. The third-order valence-corrected chi connectivity index (χ3v) is 4.28. The summed E-state index contributed by atoms with van der Waals surface area (Å²) in [6.07, 6.45) is 0. The van der Waals surface area contributed by atoms with E-state index in [-0.39, 0.29) is 5.91 Å². The Balaban J connectivity index is 1.82. The predicted molar refractivity (Wildman–Crippen MR) is 106 cm³/mol. The topological polar surface area (TPSA) is 29.5 Å². The summed E-state index contributed by atoms with van der Waals surface area (Å²) in [6.45, 7) is 2.46. The van der Waals surface area contributed by atoms with E-state index in [2.05, 4.69) is 0 Å². The second-order valence-electron chi connectivity index (χ2n) is 5.97. The predicted octanol–water partition coefficient (Wildman–Crippen LogP) is 5.47. The van der Waals surface area contributed by atoms with E-state index < -0.39 is 0 Å². The van der Waals surface area contributed by atoms with Crippen LogP contribution in [0, 0.1) is 0 Å². The van der Waals surface area contributed by atoms with Crippen LogP contribution in [-0.2, 0) is 17.9 Å². The Kier molecular flexibility index (Phi) is 5.92. The SMILES string of the molecule is CC(=O)N(Cc1ccc(Cl)cc1)c1ccccc1OCc1ccccc1. The molecule has 0 aliphatic rings. The zero-order chi connectivity index (χ0) is 18.4. The summed E-state index contributed by atoms with van der Waals surface area (Å²) in [5, 5.41) is 0.676. The monoisotopic (exact) mass is 365 g/mol. The number of halogens is 1. The quantitative estimate of drug-likeness (QED) is 0.579. The van der Waals surface area contributed by atoms with E-state index in [4.69, 9.17) is 16.3 Å². The summed E-state index contributed by atoms with van der Waals surface area (Å²) in [5.74, 6) is 0.635. The number of nitrogens with zero attached hydrogens (tertiary/aromatic N) is 1. The number of rotatable bonds is 6. The summed E-state index contributed by atoms with van der Waals surface area (Å²) < 4.78 is 6.00. The molecule has 0 aromatic heterocycles. The van der Waals surface area contributed by atoms with Gasteiger partial charge in [-0.25, -0.2) is 0 Å². The minimum Gasteiger partial charge on any atom is -0.487 e. The van der Waals surface area contributed by atoms with Crippen LogP contribution in [-0.4, -0.2) is 5.91 Å². The molecule has 0 aliphatic heterocycles. The van der Waals surface area contributed by atoms with Crippen LogP contribution < -0.4 is 9.64 Å². The molecule has 0 heterocycles. The number of carbonyl (C=O) groups excluding carboxylic acids is 1. The van der Waals surface area contributed by atoms with E-state index in [9.17, 15) is 4.79 Å². The second kappa shape index (κ2) is 8.54. The van der Waals surface area contributed by atoms with E-state index in [1.807, 2.05) is 78.9 Å². The molecule has 3 rings (SSSR count). The summed E-state index contributed by atoms with van der Waals surface area (Å²) >= 11 is 5.95. The molecule has 0 spiro atoms. The van der Waals surface area contributed by atoms with Crippen molar-refractivity contribution in [2.45, 2.75) is 20.1 Å². The Morgan fingerprint density at radius 3 is 2.23 bits per heavy atom. The van der Waals surface area contributed by atoms with Crippen molar-refractivity contribution in [3.8, 4) is 5.75 Å². The van der Waals surface area contributed by atoms with Gasteiger partial charge in [0.05, 0.1) is 12.2 Å². The first-order chi connectivity index (χ1) is 12.6. The molecule has 132 valence electrons. The second-order valence-corrected chi connectivity index (χ2v) is 6.41. The number of carbonyl (C=O) groups is 1. The third-order valence-electron chi connectivity index (χ3n) is 4.03. The Labute approximate surface area is 158 Å². The van der Waals surface area contributed by atoms with Gasteiger partial charge in [0.1, 0.15) is 12.4 Å². The maximum atomic E-state index is 12.3. The normalized spacial score (nSPS) is 10.4. The number of benzene rings is 3. The van der Waals surface area contributed by atoms with Crippen LogP contribution in [0.25, 0.3) is 0 Å². The van der Waals surface area contributed by atoms with Crippen LogP contribution in [0.5, 0.6) is 5.75 Å². The van der Waals surface area contributed by atoms with Crippen LogP contribution in [0.15, 0.2) is 78.9 Å². The number of amides is 1. The van der Waals surface area contributed by atoms with Crippen molar-refractivity contribution in [2.75, 3.05) is 4.90 Å². The first-order valence-corrected chi connectivity index (χ1v) is 8.79. The standard InChI is InChI=1S/C22H20ClNO2/c1-17(25)24(15-18-11-13-20(23)14-12-18)21-9-5-6-10-22(21)26-16-19-7-3-2-4-8-19/h2-14H,15-16H2,1H3. The van der Waals surface area contributed by atoms with Gasteiger partial charge < -0.3 is 9.64 Å². The molecule has 3 nitrogen and oxygen atoms in total. The molecule has 0 N–H and O–H groups in total. The molecule has 0 bridgehead atoms. The van der Waals surface area contributed by atoms with E-state index in [0.29, 0.717) is 23.9 Å². The highest BCUT2D eigenvalue weighted by Crippen LogP contribution is 2.30. The van der Waals surface area contributed by atoms with E-state index >= 15 is 0 Å². The highest BCUT2D eigenvalue weighted by molar-refractivity contribution is 6.30. The van der Waals surface area contributed by atoms with Gasteiger partial charge in [-0.05, 0) is 35.4 Å². The molecule has 0 saturated carbocycles. The molecule has 0 aliphatic carbocycles. The first-order valence-electron chi connectivity index (χ1n) is 8.42. The van der Waals surface area contributed by atoms with Gasteiger partial charge in [-0.3, -0.25) is 4.79 Å². The minimum atomic E-state index is -0.0456. The molecule has 26 heavy (non-hydrogen) atoms. The fourth-order valence-corrected chi connectivity index (χ4v) is 2.80. The molecule has 0 radical (unpaired) electrons. The van der Waals surface area contributed by atoms with Crippen molar-refractivity contribution >= 4 is 23.2 Å². The van der Waals surface area contributed by atoms with Crippen LogP contribution in [0.2, 0.25) is 5.02 Å². The molecular formula is C22H20ClNO2. The number of anilines is 1. The fraction of sp³-hybridized carbons (Fsp3) is 0.136. The molecule has 0 atom stereocenters. The van der Waals surface area contributed by atoms with Crippen LogP contribution >= 0.6 is 11.6 Å². The van der Waals surface area contributed by atoms with Gasteiger partial charge in [0.25, 0.3) is 0 Å². The zero-order valence-electron chi connectivity index (χ0n) is 14.6. The summed E-state index contributed by atoms with van der Waals surface area (Å²) in [6, 6.07) is 25.1. The largest absolute Gasteiger partial charge is 0.487 e. The van der Waals surface area contributed by atoms with Gasteiger partial charge in [0, 0.05) is 11.9 Å². The van der Waals surface area contributed by atoms with E-state index in [1.165, 1.54) is 0 Å². The molecule has 1 amide bonds. The fourth-order valence-electron chi connectivity index (χ4n) is 2.68. The number of hydrogen-bond acceptors (Lipinski definition) is 2. The van der Waals surface area contributed by atoms with Crippen LogP contribution in [0.3, 0.4) is 0 Å². The van der Waals surface area contributed by atoms with Crippen molar-refractivity contribution < 1.29 is 9.53 Å². The van der Waals surface area contributed by atoms with Crippen molar-refractivity contribution in [2.24, 2.45) is 0 Å². The lowest BCUT2D eigenvalue weighted by molar-refractivity contribution is -0.116. The highest BCUT2D eigenvalue weighted by atomic mass is 35.5.